The summed E-state index contributed by atoms with van der Waals surface area (Å²) in [5, 5.41) is 4.39. The van der Waals surface area contributed by atoms with Gasteiger partial charge in [-0.25, -0.2) is 9.97 Å². The standard InChI is InChI=1S/C21H23N3O.ClH/c1-2-6-16(7-3-1)14-25-18-12-10-17(11-13-18)24-21-19-8-4-5-9-20(19)22-15-23-21;/h4-5,8-13,15-16H,1-3,6-7,14H2,(H,22,23,24);1H. The Morgan fingerprint density at radius 2 is 1.69 bits per heavy atom. The first kappa shape index (κ1) is 18.5. The van der Waals surface area contributed by atoms with Crippen molar-refractivity contribution in [2.75, 3.05) is 11.9 Å². The molecule has 1 saturated carbocycles. The highest BCUT2D eigenvalue weighted by atomic mass is 35.5. The van der Waals surface area contributed by atoms with Gasteiger partial charge in [-0.2, -0.15) is 0 Å². The second-order valence-corrected chi connectivity index (χ2v) is 6.70. The zero-order valence-corrected chi connectivity index (χ0v) is 15.5. The van der Waals surface area contributed by atoms with Crippen LogP contribution in [0.5, 0.6) is 5.75 Å². The topological polar surface area (TPSA) is 47.0 Å². The molecule has 1 aromatic heterocycles. The van der Waals surface area contributed by atoms with Gasteiger partial charge in [0.15, 0.2) is 0 Å². The van der Waals surface area contributed by atoms with Crippen LogP contribution >= 0.6 is 12.4 Å². The van der Waals surface area contributed by atoms with E-state index in [9.17, 15) is 0 Å². The summed E-state index contributed by atoms with van der Waals surface area (Å²) in [6.07, 6.45) is 8.29. The van der Waals surface area contributed by atoms with Crippen LogP contribution in [0.15, 0.2) is 54.9 Å². The number of aromatic nitrogens is 2. The Kier molecular flexibility index (Phi) is 6.29. The first-order valence-electron chi connectivity index (χ1n) is 9.08. The van der Waals surface area contributed by atoms with E-state index in [1.807, 2.05) is 48.5 Å². The molecule has 4 nitrogen and oxygen atoms in total. The monoisotopic (exact) mass is 369 g/mol. The highest BCUT2D eigenvalue weighted by Gasteiger charge is 2.13. The van der Waals surface area contributed by atoms with Gasteiger partial charge in [0.2, 0.25) is 0 Å². The second kappa shape index (κ2) is 8.86. The van der Waals surface area contributed by atoms with Gasteiger partial charge in [-0.1, -0.05) is 31.4 Å². The summed E-state index contributed by atoms with van der Waals surface area (Å²) in [7, 11) is 0. The van der Waals surface area contributed by atoms with Crippen LogP contribution in [0.3, 0.4) is 0 Å². The first-order valence-corrected chi connectivity index (χ1v) is 9.08. The van der Waals surface area contributed by atoms with E-state index < -0.39 is 0 Å². The van der Waals surface area contributed by atoms with Crippen LogP contribution in [0.25, 0.3) is 10.9 Å². The molecule has 0 bridgehead atoms. The van der Waals surface area contributed by atoms with Gasteiger partial charge >= 0.3 is 0 Å². The van der Waals surface area contributed by atoms with Crippen LogP contribution in [0.4, 0.5) is 11.5 Å². The molecule has 0 unspecified atom stereocenters. The number of rotatable bonds is 5. The number of para-hydroxylation sites is 1. The van der Waals surface area contributed by atoms with Crippen LogP contribution in [-0.2, 0) is 0 Å². The average molecular weight is 370 g/mol. The maximum absolute atomic E-state index is 5.97. The van der Waals surface area contributed by atoms with Crippen molar-refractivity contribution in [3.05, 3.63) is 54.9 Å². The minimum absolute atomic E-state index is 0. The maximum Gasteiger partial charge on any atom is 0.141 e. The van der Waals surface area contributed by atoms with E-state index in [1.54, 1.807) is 6.33 Å². The third-order valence-corrected chi connectivity index (χ3v) is 4.87. The van der Waals surface area contributed by atoms with E-state index in [-0.39, 0.29) is 12.4 Å². The van der Waals surface area contributed by atoms with Crippen molar-refractivity contribution in [3.8, 4) is 5.75 Å². The number of anilines is 2. The van der Waals surface area contributed by atoms with Gasteiger partial charge in [0.25, 0.3) is 0 Å². The highest BCUT2D eigenvalue weighted by Crippen LogP contribution is 2.26. The lowest BCUT2D eigenvalue weighted by Crippen LogP contribution is -2.15. The fraction of sp³-hybridized carbons (Fsp3) is 0.333. The van der Waals surface area contributed by atoms with Crippen molar-refractivity contribution in [1.82, 2.24) is 9.97 Å². The summed E-state index contributed by atoms with van der Waals surface area (Å²) in [4.78, 5) is 8.66. The lowest BCUT2D eigenvalue weighted by molar-refractivity contribution is 0.209. The molecule has 1 fully saturated rings. The Labute approximate surface area is 160 Å². The molecule has 4 rings (SSSR count). The molecular weight excluding hydrogens is 346 g/mol. The van der Waals surface area contributed by atoms with E-state index in [4.69, 9.17) is 4.74 Å². The van der Waals surface area contributed by atoms with Crippen LogP contribution in [0, 0.1) is 5.92 Å². The molecular formula is C21H24ClN3O. The summed E-state index contributed by atoms with van der Waals surface area (Å²) in [6.45, 7) is 0.837. The van der Waals surface area contributed by atoms with Gasteiger partial charge in [-0.05, 0) is 55.2 Å². The Hall–Kier alpha value is -2.33. The first-order chi connectivity index (χ1) is 12.4. The number of nitrogens with one attached hydrogen (secondary N) is 1. The van der Waals surface area contributed by atoms with Crippen molar-refractivity contribution in [1.29, 1.82) is 0 Å². The lowest BCUT2D eigenvalue weighted by atomic mass is 9.90. The largest absolute Gasteiger partial charge is 0.493 e. The molecule has 0 amide bonds. The fourth-order valence-electron chi connectivity index (χ4n) is 3.44. The van der Waals surface area contributed by atoms with Gasteiger partial charge in [-0.15, -0.1) is 12.4 Å². The number of hydrogen-bond donors (Lipinski definition) is 1. The molecule has 0 aliphatic heterocycles. The SMILES string of the molecule is Cl.c1ccc2c(Nc3ccc(OCC4CCCCC4)cc3)ncnc2c1. The third kappa shape index (κ3) is 4.44. The minimum atomic E-state index is 0. The van der Waals surface area contributed by atoms with Crippen molar-refractivity contribution < 1.29 is 4.74 Å². The number of hydrogen-bond acceptors (Lipinski definition) is 4. The van der Waals surface area contributed by atoms with Crippen LogP contribution < -0.4 is 10.1 Å². The Bertz CT molecular complexity index is 827. The summed E-state index contributed by atoms with van der Waals surface area (Å²) in [6, 6.07) is 16.1. The van der Waals surface area contributed by atoms with Crippen molar-refractivity contribution in [2.24, 2.45) is 5.92 Å². The molecule has 1 aliphatic rings. The highest BCUT2D eigenvalue weighted by molar-refractivity contribution is 5.90. The van der Waals surface area contributed by atoms with E-state index >= 15 is 0 Å². The molecule has 1 N–H and O–H groups in total. The smallest absolute Gasteiger partial charge is 0.141 e. The van der Waals surface area contributed by atoms with E-state index in [0.29, 0.717) is 0 Å². The van der Waals surface area contributed by atoms with Crippen LogP contribution in [-0.4, -0.2) is 16.6 Å². The summed E-state index contributed by atoms with van der Waals surface area (Å²) < 4.78 is 5.97. The Morgan fingerprint density at radius 1 is 0.923 bits per heavy atom. The molecule has 3 aromatic rings. The van der Waals surface area contributed by atoms with E-state index in [1.165, 1.54) is 32.1 Å². The van der Waals surface area contributed by atoms with Crippen LogP contribution in [0.2, 0.25) is 0 Å². The van der Waals surface area contributed by atoms with Crippen molar-refractivity contribution in [3.63, 3.8) is 0 Å². The van der Waals surface area contributed by atoms with Gasteiger partial charge in [0.05, 0.1) is 12.1 Å². The maximum atomic E-state index is 5.97. The van der Waals surface area contributed by atoms with Crippen molar-refractivity contribution in [2.45, 2.75) is 32.1 Å². The quantitative estimate of drug-likeness (QED) is 0.621. The normalized spacial score (nSPS) is 14.6. The number of nitrogens with zero attached hydrogens (tertiary/aromatic N) is 2. The summed E-state index contributed by atoms with van der Waals surface area (Å²) in [5.41, 5.74) is 1.93. The minimum Gasteiger partial charge on any atom is -0.493 e. The second-order valence-electron chi connectivity index (χ2n) is 6.70. The van der Waals surface area contributed by atoms with E-state index in [0.717, 1.165) is 40.7 Å². The fourth-order valence-corrected chi connectivity index (χ4v) is 3.44. The van der Waals surface area contributed by atoms with Crippen LogP contribution in [0.1, 0.15) is 32.1 Å². The lowest BCUT2D eigenvalue weighted by Gasteiger charge is -2.21. The predicted octanol–water partition coefficient (Wildman–Crippen LogP) is 5.75. The molecule has 0 saturated heterocycles. The van der Waals surface area contributed by atoms with Gasteiger partial charge in [-0.3, -0.25) is 0 Å². The third-order valence-electron chi connectivity index (χ3n) is 4.87. The average Bonchev–Trinajstić information content (AvgIpc) is 2.69. The summed E-state index contributed by atoms with van der Waals surface area (Å²) in [5.74, 6) is 2.48. The molecule has 1 aliphatic carbocycles. The van der Waals surface area contributed by atoms with E-state index in [2.05, 4.69) is 15.3 Å². The number of ether oxygens (including phenoxy) is 1. The molecule has 5 heteroatoms. The predicted molar refractivity (Wildman–Crippen MR) is 109 cm³/mol. The molecule has 136 valence electrons. The number of fused-ring (bicyclic) bond motifs is 1. The van der Waals surface area contributed by atoms with Crippen molar-refractivity contribution >= 4 is 34.8 Å². The Morgan fingerprint density at radius 3 is 2.50 bits per heavy atom. The molecule has 1 heterocycles. The molecule has 0 spiro atoms. The molecule has 26 heavy (non-hydrogen) atoms. The zero-order chi connectivity index (χ0) is 16.9. The Balaban J connectivity index is 0.00000196. The number of benzene rings is 2. The molecule has 2 aromatic carbocycles. The van der Waals surface area contributed by atoms with Gasteiger partial charge < -0.3 is 10.1 Å². The molecule has 0 radical (unpaired) electrons. The summed E-state index contributed by atoms with van der Waals surface area (Å²) >= 11 is 0. The molecule has 0 atom stereocenters. The van der Waals surface area contributed by atoms with Gasteiger partial charge in [0, 0.05) is 11.1 Å². The number of halogens is 1. The zero-order valence-electron chi connectivity index (χ0n) is 14.7. The van der Waals surface area contributed by atoms with Gasteiger partial charge in [0.1, 0.15) is 17.9 Å².